The van der Waals surface area contributed by atoms with Crippen LogP contribution < -0.4 is 15.0 Å². The summed E-state index contributed by atoms with van der Waals surface area (Å²) in [6, 6.07) is 9.76. The number of carbonyl (C=O) groups is 1. The zero-order valence-electron chi connectivity index (χ0n) is 18.5. The fourth-order valence-electron chi connectivity index (χ4n) is 3.39. The number of nitrogens with one attached hydrogen (secondary N) is 1. The standard InChI is InChI=1S/C25H33NO5/c1-19-18-23(27)26-22(11-9-12-24(28)29)25(19)31-17-8-6-4-3-5-7-10-20-13-15-21(30-2)16-14-20/h9,11,13-16,18H,3-8,10,12,17H2,1-2H3,(H,26,27)(H,28,29)/b11-9+. The van der Waals surface area contributed by atoms with Crippen molar-refractivity contribution in [1.82, 2.24) is 4.98 Å². The minimum atomic E-state index is -0.919. The molecular formula is C25H33NO5. The van der Waals surface area contributed by atoms with Gasteiger partial charge in [-0.1, -0.05) is 43.9 Å². The smallest absolute Gasteiger partial charge is 0.307 e. The van der Waals surface area contributed by atoms with Gasteiger partial charge in [0.2, 0.25) is 5.56 Å². The van der Waals surface area contributed by atoms with E-state index in [2.05, 4.69) is 17.1 Å². The Bertz CT molecular complexity index is 899. The van der Waals surface area contributed by atoms with E-state index in [1.54, 1.807) is 13.2 Å². The topological polar surface area (TPSA) is 88.6 Å². The molecule has 168 valence electrons. The van der Waals surface area contributed by atoms with Gasteiger partial charge in [-0.25, -0.2) is 0 Å². The highest BCUT2D eigenvalue weighted by molar-refractivity contribution is 5.70. The second-order valence-corrected chi connectivity index (χ2v) is 7.63. The largest absolute Gasteiger partial charge is 0.497 e. The molecule has 0 amide bonds. The maximum Gasteiger partial charge on any atom is 0.307 e. The van der Waals surface area contributed by atoms with Gasteiger partial charge >= 0.3 is 5.97 Å². The number of rotatable bonds is 14. The van der Waals surface area contributed by atoms with E-state index in [-0.39, 0.29) is 12.0 Å². The van der Waals surface area contributed by atoms with Gasteiger partial charge in [-0.3, -0.25) is 9.59 Å². The molecule has 2 aromatic rings. The summed E-state index contributed by atoms with van der Waals surface area (Å²) in [7, 11) is 1.68. The number of H-pyrrole nitrogens is 1. The molecule has 2 N–H and O–H groups in total. The van der Waals surface area contributed by atoms with Gasteiger partial charge < -0.3 is 19.6 Å². The van der Waals surface area contributed by atoms with Crippen LogP contribution in [0.1, 0.15) is 61.8 Å². The Balaban J connectivity index is 1.65. The average Bonchev–Trinajstić information content (AvgIpc) is 2.74. The van der Waals surface area contributed by atoms with E-state index in [9.17, 15) is 9.59 Å². The van der Waals surface area contributed by atoms with E-state index < -0.39 is 5.97 Å². The molecular weight excluding hydrogens is 394 g/mol. The monoisotopic (exact) mass is 427 g/mol. The lowest BCUT2D eigenvalue weighted by atomic mass is 10.0. The predicted octanol–water partition coefficient (Wildman–Crippen LogP) is 5.14. The first-order valence-corrected chi connectivity index (χ1v) is 10.9. The maximum atomic E-state index is 11.7. The molecule has 0 aliphatic heterocycles. The number of ether oxygens (including phenoxy) is 2. The third kappa shape index (κ3) is 9.11. The molecule has 0 spiro atoms. The van der Waals surface area contributed by atoms with Crippen LogP contribution in [0.5, 0.6) is 11.5 Å². The van der Waals surface area contributed by atoms with Crippen molar-refractivity contribution in [3.63, 3.8) is 0 Å². The summed E-state index contributed by atoms with van der Waals surface area (Å²) in [5, 5.41) is 8.77. The zero-order chi connectivity index (χ0) is 22.5. The number of hydrogen-bond acceptors (Lipinski definition) is 4. The van der Waals surface area contributed by atoms with Crippen molar-refractivity contribution in [3.05, 3.63) is 63.6 Å². The van der Waals surface area contributed by atoms with Crippen molar-refractivity contribution in [1.29, 1.82) is 0 Å². The Kier molecular flexibility index (Phi) is 10.4. The minimum absolute atomic E-state index is 0.103. The fourth-order valence-corrected chi connectivity index (χ4v) is 3.39. The van der Waals surface area contributed by atoms with Crippen LogP contribution in [0.25, 0.3) is 6.08 Å². The lowest BCUT2D eigenvalue weighted by Gasteiger charge is -2.12. The quantitative estimate of drug-likeness (QED) is 0.408. The summed E-state index contributed by atoms with van der Waals surface area (Å²) < 4.78 is 11.1. The summed E-state index contributed by atoms with van der Waals surface area (Å²) >= 11 is 0. The Hall–Kier alpha value is -3.02. The number of aryl methyl sites for hydroxylation is 2. The number of unbranched alkanes of at least 4 members (excludes halogenated alkanes) is 5. The molecule has 0 saturated carbocycles. The molecule has 0 atom stereocenters. The molecule has 0 aliphatic carbocycles. The van der Waals surface area contributed by atoms with E-state index in [4.69, 9.17) is 14.6 Å². The molecule has 0 fully saturated rings. The van der Waals surface area contributed by atoms with Gasteiger partial charge in [0.05, 0.1) is 25.8 Å². The fraction of sp³-hybridized carbons (Fsp3) is 0.440. The van der Waals surface area contributed by atoms with Crippen LogP contribution in [-0.4, -0.2) is 29.8 Å². The number of methoxy groups -OCH3 is 1. The van der Waals surface area contributed by atoms with Gasteiger partial charge in [0.1, 0.15) is 11.5 Å². The first kappa shape index (κ1) is 24.3. The number of aromatic amines is 1. The third-order valence-corrected chi connectivity index (χ3v) is 5.05. The molecule has 6 heteroatoms. The van der Waals surface area contributed by atoms with Crippen molar-refractivity contribution in [2.24, 2.45) is 0 Å². The molecule has 0 aliphatic rings. The molecule has 1 aromatic heterocycles. The zero-order valence-corrected chi connectivity index (χ0v) is 18.5. The molecule has 31 heavy (non-hydrogen) atoms. The Morgan fingerprint density at radius 2 is 1.74 bits per heavy atom. The van der Waals surface area contributed by atoms with E-state index in [0.717, 1.165) is 30.6 Å². The summed E-state index contributed by atoms with van der Waals surface area (Å²) in [5.74, 6) is 0.588. The summed E-state index contributed by atoms with van der Waals surface area (Å²) in [6.07, 6.45) is 10.9. The van der Waals surface area contributed by atoms with E-state index in [1.165, 1.54) is 43.4 Å². The maximum absolute atomic E-state index is 11.7. The average molecular weight is 428 g/mol. The Morgan fingerprint density at radius 1 is 1.06 bits per heavy atom. The predicted molar refractivity (Wildman–Crippen MR) is 123 cm³/mol. The van der Waals surface area contributed by atoms with E-state index >= 15 is 0 Å². The van der Waals surface area contributed by atoms with E-state index in [0.29, 0.717) is 18.1 Å². The van der Waals surface area contributed by atoms with Gasteiger partial charge in [0.25, 0.3) is 0 Å². The van der Waals surface area contributed by atoms with Crippen LogP contribution in [0.4, 0.5) is 0 Å². The van der Waals surface area contributed by atoms with Crippen LogP contribution in [0.3, 0.4) is 0 Å². The first-order valence-electron chi connectivity index (χ1n) is 10.9. The van der Waals surface area contributed by atoms with Gasteiger partial charge in [-0.2, -0.15) is 0 Å². The minimum Gasteiger partial charge on any atom is -0.497 e. The normalized spacial score (nSPS) is 11.0. The van der Waals surface area contributed by atoms with Gasteiger partial charge in [0.15, 0.2) is 0 Å². The molecule has 6 nitrogen and oxygen atoms in total. The van der Waals surface area contributed by atoms with Gasteiger partial charge in [0, 0.05) is 6.07 Å². The van der Waals surface area contributed by atoms with Gasteiger partial charge in [-0.15, -0.1) is 0 Å². The van der Waals surface area contributed by atoms with Gasteiger partial charge in [-0.05, 0) is 55.5 Å². The number of hydrogen-bond donors (Lipinski definition) is 2. The highest BCUT2D eigenvalue weighted by atomic mass is 16.5. The van der Waals surface area contributed by atoms with Crippen molar-refractivity contribution < 1.29 is 19.4 Å². The number of carboxylic acids is 1. The SMILES string of the molecule is COc1ccc(CCCCCCCCOc2c(C)cc(=O)[nH]c2/C=C/CC(=O)O)cc1. The van der Waals surface area contributed by atoms with Crippen molar-refractivity contribution in [3.8, 4) is 11.5 Å². The summed E-state index contributed by atoms with van der Waals surface area (Å²) in [5.41, 5.74) is 2.38. The van der Waals surface area contributed by atoms with E-state index in [1.807, 2.05) is 19.1 Å². The molecule has 2 rings (SSSR count). The van der Waals surface area contributed by atoms with Crippen molar-refractivity contribution in [2.45, 2.75) is 58.3 Å². The molecule has 1 heterocycles. The number of aliphatic carboxylic acids is 1. The third-order valence-electron chi connectivity index (χ3n) is 5.05. The van der Waals surface area contributed by atoms with Crippen molar-refractivity contribution in [2.75, 3.05) is 13.7 Å². The summed E-state index contributed by atoms with van der Waals surface area (Å²) in [6.45, 7) is 2.39. The molecule has 1 aromatic carbocycles. The van der Waals surface area contributed by atoms with Crippen LogP contribution >= 0.6 is 0 Å². The first-order chi connectivity index (χ1) is 15.0. The van der Waals surface area contributed by atoms with Crippen LogP contribution in [0, 0.1) is 6.92 Å². The second kappa shape index (κ2) is 13.3. The Labute approximate surface area is 183 Å². The van der Waals surface area contributed by atoms with Crippen molar-refractivity contribution >= 4 is 12.0 Å². The molecule has 0 saturated heterocycles. The van der Waals surface area contributed by atoms with Crippen LogP contribution in [0.2, 0.25) is 0 Å². The highest BCUT2D eigenvalue weighted by Crippen LogP contribution is 2.22. The molecule has 0 bridgehead atoms. The number of carboxylic acid groups (broad SMARTS) is 1. The van der Waals surface area contributed by atoms with Crippen LogP contribution in [0.15, 0.2) is 41.2 Å². The number of benzene rings is 1. The molecule has 0 radical (unpaired) electrons. The number of pyridine rings is 1. The lowest BCUT2D eigenvalue weighted by molar-refractivity contribution is -0.135. The lowest BCUT2D eigenvalue weighted by Crippen LogP contribution is -2.10. The highest BCUT2D eigenvalue weighted by Gasteiger charge is 2.07. The Morgan fingerprint density at radius 3 is 2.42 bits per heavy atom. The number of aromatic nitrogens is 1. The summed E-state index contributed by atoms with van der Waals surface area (Å²) in [4.78, 5) is 25.1. The molecule has 0 unspecified atom stereocenters. The van der Waals surface area contributed by atoms with Crippen LogP contribution in [-0.2, 0) is 11.2 Å². The second-order valence-electron chi connectivity index (χ2n) is 7.63.